The number of carbonyl (C=O) groups is 1. The van der Waals surface area contributed by atoms with Gasteiger partial charge in [-0.1, -0.05) is 18.2 Å². The highest BCUT2D eigenvalue weighted by atomic mass is 16.5. The number of methoxy groups -OCH3 is 3. The number of carbonyl (C=O) groups excluding carboxylic acids is 1. The summed E-state index contributed by atoms with van der Waals surface area (Å²) in [5, 5.41) is 2.92. The lowest BCUT2D eigenvalue weighted by atomic mass is 10.1. The van der Waals surface area contributed by atoms with E-state index in [4.69, 9.17) is 14.2 Å². The summed E-state index contributed by atoms with van der Waals surface area (Å²) in [6.45, 7) is 0.456. The highest BCUT2D eigenvalue weighted by Crippen LogP contribution is 2.27. The second-order valence-corrected chi connectivity index (χ2v) is 5.32. The van der Waals surface area contributed by atoms with Gasteiger partial charge in [0.25, 0.3) is 0 Å². The lowest BCUT2D eigenvalue weighted by Crippen LogP contribution is -2.23. The van der Waals surface area contributed by atoms with Gasteiger partial charge in [-0.25, -0.2) is 0 Å². The second kappa shape index (κ2) is 8.82. The summed E-state index contributed by atoms with van der Waals surface area (Å²) in [6.07, 6.45) is 1.11. The summed E-state index contributed by atoms with van der Waals surface area (Å²) >= 11 is 0. The van der Waals surface area contributed by atoms with E-state index >= 15 is 0 Å². The van der Waals surface area contributed by atoms with E-state index in [1.807, 2.05) is 42.5 Å². The molecule has 24 heavy (non-hydrogen) atoms. The van der Waals surface area contributed by atoms with Crippen LogP contribution in [0.5, 0.6) is 17.2 Å². The molecule has 1 amide bonds. The lowest BCUT2D eigenvalue weighted by molar-refractivity contribution is -0.121. The van der Waals surface area contributed by atoms with Crippen LogP contribution in [0.25, 0.3) is 0 Å². The molecule has 0 aromatic heterocycles. The Morgan fingerprint density at radius 2 is 1.71 bits per heavy atom. The van der Waals surface area contributed by atoms with Crippen LogP contribution in [-0.2, 0) is 17.8 Å². The molecule has 0 bridgehead atoms. The van der Waals surface area contributed by atoms with Crippen molar-refractivity contribution in [2.24, 2.45) is 0 Å². The van der Waals surface area contributed by atoms with Crippen molar-refractivity contribution in [3.63, 3.8) is 0 Å². The van der Waals surface area contributed by atoms with Crippen LogP contribution in [0.3, 0.4) is 0 Å². The Labute approximate surface area is 142 Å². The third-order valence-corrected chi connectivity index (χ3v) is 3.71. The van der Waals surface area contributed by atoms with Crippen molar-refractivity contribution in [1.82, 2.24) is 5.32 Å². The van der Waals surface area contributed by atoms with Crippen molar-refractivity contribution >= 4 is 5.91 Å². The summed E-state index contributed by atoms with van der Waals surface area (Å²) in [6, 6.07) is 13.4. The van der Waals surface area contributed by atoms with Gasteiger partial charge in [-0.2, -0.15) is 0 Å². The van der Waals surface area contributed by atoms with Gasteiger partial charge in [-0.3, -0.25) is 4.79 Å². The molecule has 0 fully saturated rings. The Morgan fingerprint density at radius 1 is 0.917 bits per heavy atom. The van der Waals surface area contributed by atoms with E-state index in [1.54, 1.807) is 21.3 Å². The molecule has 2 aromatic carbocycles. The smallest absolute Gasteiger partial charge is 0.220 e. The number of hydrogen-bond donors (Lipinski definition) is 1. The summed E-state index contributed by atoms with van der Waals surface area (Å²) in [5.74, 6) is 2.14. The number of aryl methyl sites for hydroxylation is 1. The van der Waals surface area contributed by atoms with Gasteiger partial charge in [-0.05, 0) is 41.8 Å². The molecule has 0 heterocycles. The van der Waals surface area contributed by atoms with Crippen molar-refractivity contribution in [2.75, 3.05) is 21.3 Å². The molecule has 0 spiro atoms. The van der Waals surface area contributed by atoms with Crippen molar-refractivity contribution in [2.45, 2.75) is 19.4 Å². The quantitative estimate of drug-likeness (QED) is 0.809. The molecule has 1 N–H and O–H groups in total. The molecule has 5 heteroatoms. The number of benzene rings is 2. The number of amides is 1. The molecule has 0 radical (unpaired) electrons. The molecule has 2 aromatic rings. The highest BCUT2D eigenvalue weighted by molar-refractivity contribution is 5.76. The average Bonchev–Trinajstić information content (AvgIpc) is 2.64. The Bertz CT molecular complexity index is 685. The normalized spacial score (nSPS) is 10.1. The largest absolute Gasteiger partial charge is 0.497 e. The van der Waals surface area contributed by atoms with Crippen LogP contribution in [0.1, 0.15) is 17.5 Å². The van der Waals surface area contributed by atoms with Crippen LogP contribution >= 0.6 is 0 Å². The van der Waals surface area contributed by atoms with Crippen LogP contribution < -0.4 is 19.5 Å². The first-order valence-electron chi connectivity index (χ1n) is 7.76. The highest BCUT2D eigenvalue weighted by Gasteiger charge is 2.07. The molecular weight excluding hydrogens is 306 g/mol. The van der Waals surface area contributed by atoms with Crippen LogP contribution in [-0.4, -0.2) is 27.2 Å². The van der Waals surface area contributed by atoms with Gasteiger partial charge in [0.2, 0.25) is 5.91 Å². The minimum Gasteiger partial charge on any atom is -0.497 e. The molecule has 0 aliphatic rings. The molecule has 5 nitrogen and oxygen atoms in total. The van der Waals surface area contributed by atoms with Crippen molar-refractivity contribution in [1.29, 1.82) is 0 Å². The van der Waals surface area contributed by atoms with Crippen LogP contribution in [0, 0.1) is 0 Å². The van der Waals surface area contributed by atoms with Gasteiger partial charge in [-0.15, -0.1) is 0 Å². The molecule has 0 atom stereocenters. The van der Waals surface area contributed by atoms with Crippen molar-refractivity contribution < 1.29 is 19.0 Å². The van der Waals surface area contributed by atoms with E-state index in [0.717, 1.165) is 16.9 Å². The van der Waals surface area contributed by atoms with Gasteiger partial charge in [0.05, 0.1) is 21.3 Å². The zero-order valence-corrected chi connectivity index (χ0v) is 14.3. The fraction of sp³-hybridized carbons (Fsp3) is 0.316. The van der Waals surface area contributed by atoms with E-state index in [0.29, 0.717) is 30.9 Å². The van der Waals surface area contributed by atoms with Gasteiger partial charge < -0.3 is 19.5 Å². The van der Waals surface area contributed by atoms with Crippen LogP contribution in [0.4, 0.5) is 0 Å². The Balaban J connectivity index is 1.84. The standard InChI is InChI=1S/C19H23NO4/c1-22-16-6-4-5-14(11-16)8-10-19(21)20-13-15-7-9-17(23-2)18(12-15)24-3/h4-7,9,11-12H,8,10,13H2,1-3H3,(H,20,21). The van der Waals surface area contributed by atoms with E-state index in [-0.39, 0.29) is 5.91 Å². The maximum Gasteiger partial charge on any atom is 0.220 e. The number of nitrogens with one attached hydrogen (secondary N) is 1. The maximum atomic E-state index is 12.0. The summed E-state index contributed by atoms with van der Waals surface area (Å²) in [7, 11) is 4.82. The van der Waals surface area contributed by atoms with E-state index < -0.39 is 0 Å². The van der Waals surface area contributed by atoms with Gasteiger partial charge in [0.15, 0.2) is 11.5 Å². The van der Waals surface area contributed by atoms with Crippen molar-refractivity contribution in [3.05, 3.63) is 53.6 Å². The molecule has 0 aliphatic heterocycles. The monoisotopic (exact) mass is 329 g/mol. The average molecular weight is 329 g/mol. The predicted molar refractivity (Wildman–Crippen MR) is 92.7 cm³/mol. The molecule has 0 unspecified atom stereocenters. The van der Waals surface area contributed by atoms with Crippen molar-refractivity contribution in [3.8, 4) is 17.2 Å². The lowest BCUT2D eigenvalue weighted by Gasteiger charge is -2.10. The third kappa shape index (κ3) is 4.91. The van der Waals surface area contributed by atoms with E-state index in [2.05, 4.69) is 5.32 Å². The van der Waals surface area contributed by atoms with Crippen LogP contribution in [0.15, 0.2) is 42.5 Å². The first-order chi connectivity index (χ1) is 11.7. The van der Waals surface area contributed by atoms with Gasteiger partial charge in [0, 0.05) is 13.0 Å². The molecule has 2 rings (SSSR count). The zero-order chi connectivity index (χ0) is 17.4. The van der Waals surface area contributed by atoms with E-state index in [1.165, 1.54) is 0 Å². The topological polar surface area (TPSA) is 56.8 Å². The Kier molecular flexibility index (Phi) is 6.49. The maximum absolute atomic E-state index is 12.0. The molecule has 0 aliphatic carbocycles. The fourth-order valence-electron chi connectivity index (χ4n) is 2.37. The second-order valence-electron chi connectivity index (χ2n) is 5.32. The molecule has 0 saturated heterocycles. The van der Waals surface area contributed by atoms with Gasteiger partial charge in [0.1, 0.15) is 5.75 Å². The fourth-order valence-corrected chi connectivity index (χ4v) is 2.37. The SMILES string of the molecule is COc1cccc(CCC(=O)NCc2ccc(OC)c(OC)c2)c1. The molecule has 0 saturated carbocycles. The number of rotatable bonds is 8. The number of hydrogen-bond acceptors (Lipinski definition) is 4. The van der Waals surface area contributed by atoms with Gasteiger partial charge >= 0.3 is 0 Å². The molecule has 128 valence electrons. The third-order valence-electron chi connectivity index (χ3n) is 3.71. The van der Waals surface area contributed by atoms with Crippen LogP contribution in [0.2, 0.25) is 0 Å². The summed E-state index contributed by atoms with van der Waals surface area (Å²) in [4.78, 5) is 12.0. The number of ether oxygens (including phenoxy) is 3. The Morgan fingerprint density at radius 3 is 2.42 bits per heavy atom. The summed E-state index contributed by atoms with van der Waals surface area (Å²) in [5.41, 5.74) is 2.04. The first-order valence-corrected chi connectivity index (χ1v) is 7.76. The minimum atomic E-state index is 0.00704. The minimum absolute atomic E-state index is 0.00704. The Hall–Kier alpha value is -2.69. The first kappa shape index (κ1) is 17.7. The summed E-state index contributed by atoms with van der Waals surface area (Å²) < 4.78 is 15.6. The zero-order valence-electron chi connectivity index (χ0n) is 14.3. The molecular formula is C19H23NO4. The van der Waals surface area contributed by atoms with E-state index in [9.17, 15) is 4.79 Å². The predicted octanol–water partition coefficient (Wildman–Crippen LogP) is 2.96.